The maximum atomic E-state index is 11.0. The summed E-state index contributed by atoms with van der Waals surface area (Å²) in [4.78, 5) is 10.5. The van der Waals surface area contributed by atoms with Gasteiger partial charge in [0, 0.05) is 6.07 Å². The van der Waals surface area contributed by atoms with Gasteiger partial charge in [-0.05, 0) is 20.0 Å². The zero-order chi connectivity index (χ0) is 14.0. The Bertz CT molecular complexity index is 614. The monoisotopic (exact) mass is 282 g/mol. The first-order valence-electron chi connectivity index (χ1n) is 5.48. The molecule has 100 valence electrons. The van der Waals surface area contributed by atoms with Crippen molar-refractivity contribution >= 4 is 17.3 Å². The molecule has 0 spiro atoms. The summed E-state index contributed by atoms with van der Waals surface area (Å²) in [5, 5.41) is 21.8. The van der Waals surface area contributed by atoms with Gasteiger partial charge in [0.1, 0.15) is 5.56 Å². The van der Waals surface area contributed by atoms with Crippen LogP contribution in [0.15, 0.2) is 22.6 Å². The topological polar surface area (TPSA) is 94.1 Å². The van der Waals surface area contributed by atoms with Gasteiger partial charge in [-0.1, -0.05) is 17.7 Å². The van der Waals surface area contributed by atoms with E-state index in [4.69, 9.17) is 16.0 Å². The highest BCUT2D eigenvalue weighted by Gasteiger charge is 2.24. The molecule has 0 aliphatic carbocycles. The molecule has 1 aromatic heterocycles. The van der Waals surface area contributed by atoms with Gasteiger partial charge in [-0.25, -0.2) is 0 Å². The van der Waals surface area contributed by atoms with Crippen LogP contribution in [0.5, 0.6) is 0 Å². The highest BCUT2D eigenvalue weighted by molar-refractivity contribution is 6.33. The van der Waals surface area contributed by atoms with Crippen molar-refractivity contribution in [2.45, 2.75) is 13.0 Å². The van der Waals surface area contributed by atoms with E-state index in [1.165, 1.54) is 18.2 Å². The molecule has 0 bridgehead atoms. The molecule has 19 heavy (non-hydrogen) atoms. The Balaban J connectivity index is 2.53. The van der Waals surface area contributed by atoms with E-state index in [0.29, 0.717) is 5.89 Å². The number of rotatable bonds is 4. The zero-order valence-electron chi connectivity index (χ0n) is 10.3. The second kappa shape index (κ2) is 5.33. The van der Waals surface area contributed by atoms with Gasteiger partial charge in [0.05, 0.1) is 16.0 Å². The number of nitrogens with zero attached hydrogens (tertiary/aromatic N) is 3. The predicted molar refractivity (Wildman–Crippen MR) is 68.9 cm³/mol. The summed E-state index contributed by atoms with van der Waals surface area (Å²) in [5.74, 6) is 0.376. The summed E-state index contributed by atoms with van der Waals surface area (Å²) in [6, 6.07) is 4.22. The highest BCUT2D eigenvalue weighted by atomic mass is 35.5. The molecular weight excluding hydrogens is 272 g/mol. The molecular formula is C11H11ClN4O3. The van der Waals surface area contributed by atoms with E-state index in [1.54, 1.807) is 7.05 Å². The molecule has 1 unspecified atom stereocenters. The first-order chi connectivity index (χ1) is 9.04. The first kappa shape index (κ1) is 13.4. The van der Waals surface area contributed by atoms with Crippen molar-refractivity contribution in [3.8, 4) is 11.5 Å². The number of hydrogen-bond acceptors (Lipinski definition) is 6. The molecule has 0 saturated heterocycles. The Morgan fingerprint density at radius 2 is 2.21 bits per heavy atom. The SMILES string of the molecule is CNC(C)c1nnc(-c2c(Cl)cccc2[N+](=O)[O-])o1. The molecule has 0 saturated carbocycles. The van der Waals surface area contributed by atoms with Crippen LogP contribution in [-0.4, -0.2) is 22.2 Å². The van der Waals surface area contributed by atoms with E-state index in [2.05, 4.69) is 15.5 Å². The predicted octanol–water partition coefficient (Wildman–Crippen LogP) is 2.58. The maximum absolute atomic E-state index is 11.0. The minimum Gasteiger partial charge on any atom is -0.419 e. The van der Waals surface area contributed by atoms with Crippen molar-refractivity contribution in [1.82, 2.24) is 15.5 Å². The number of nitro benzene ring substituents is 1. The standard InChI is InChI=1S/C11H11ClN4O3/c1-6(13-2)10-14-15-11(19-10)9-7(12)4-3-5-8(9)16(17)18/h3-6,13H,1-2H3. The summed E-state index contributed by atoms with van der Waals surface area (Å²) in [7, 11) is 1.74. The molecule has 0 aliphatic rings. The Labute approximate surface area is 113 Å². The van der Waals surface area contributed by atoms with E-state index in [1.807, 2.05) is 6.92 Å². The summed E-state index contributed by atoms with van der Waals surface area (Å²) in [5.41, 5.74) is -0.0315. The smallest absolute Gasteiger partial charge is 0.283 e. The third kappa shape index (κ3) is 2.56. The van der Waals surface area contributed by atoms with E-state index in [-0.39, 0.29) is 28.2 Å². The third-order valence-corrected chi connectivity index (χ3v) is 2.96. The van der Waals surface area contributed by atoms with E-state index >= 15 is 0 Å². The number of hydrogen-bond donors (Lipinski definition) is 1. The van der Waals surface area contributed by atoms with E-state index in [9.17, 15) is 10.1 Å². The van der Waals surface area contributed by atoms with Crippen molar-refractivity contribution in [1.29, 1.82) is 0 Å². The van der Waals surface area contributed by atoms with Crippen LogP contribution in [0.4, 0.5) is 5.69 Å². The number of nitro groups is 1. The molecule has 0 fully saturated rings. The van der Waals surface area contributed by atoms with Crippen LogP contribution in [0.2, 0.25) is 5.02 Å². The van der Waals surface area contributed by atoms with Gasteiger partial charge in [-0.3, -0.25) is 10.1 Å². The van der Waals surface area contributed by atoms with Gasteiger partial charge in [0.15, 0.2) is 0 Å². The quantitative estimate of drug-likeness (QED) is 0.684. The van der Waals surface area contributed by atoms with Crippen molar-refractivity contribution in [2.75, 3.05) is 7.05 Å². The van der Waals surface area contributed by atoms with Crippen LogP contribution in [0.3, 0.4) is 0 Å². The second-order valence-electron chi connectivity index (χ2n) is 3.85. The van der Waals surface area contributed by atoms with Crippen LogP contribution in [0.25, 0.3) is 11.5 Å². The van der Waals surface area contributed by atoms with Crippen LogP contribution in [-0.2, 0) is 0 Å². The number of nitrogens with one attached hydrogen (secondary N) is 1. The molecule has 7 nitrogen and oxygen atoms in total. The van der Waals surface area contributed by atoms with Crippen molar-refractivity contribution in [2.24, 2.45) is 0 Å². The van der Waals surface area contributed by atoms with Crippen LogP contribution >= 0.6 is 11.6 Å². The Morgan fingerprint density at radius 1 is 1.47 bits per heavy atom. The van der Waals surface area contributed by atoms with Crippen LogP contribution < -0.4 is 5.32 Å². The lowest BCUT2D eigenvalue weighted by molar-refractivity contribution is -0.384. The van der Waals surface area contributed by atoms with Gasteiger partial charge >= 0.3 is 0 Å². The average molecular weight is 283 g/mol. The minimum atomic E-state index is -0.535. The molecule has 0 aliphatic heterocycles. The van der Waals surface area contributed by atoms with Crippen molar-refractivity contribution in [3.05, 3.63) is 39.2 Å². The van der Waals surface area contributed by atoms with E-state index in [0.717, 1.165) is 0 Å². The molecule has 1 heterocycles. The lowest BCUT2D eigenvalue weighted by Crippen LogP contribution is -2.12. The molecule has 2 aromatic rings. The number of benzene rings is 1. The van der Waals surface area contributed by atoms with Gasteiger partial charge in [-0.2, -0.15) is 0 Å². The summed E-state index contributed by atoms with van der Waals surface area (Å²) < 4.78 is 5.42. The Hall–Kier alpha value is -1.99. The molecule has 1 aromatic carbocycles. The van der Waals surface area contributed by atoms with Crippen molar-refractivity contribution in [3.63, 3.8) is 0 Å². The van der Waals surface area contributed by atoms with Crippen LogP contribution in [0, 0.1) is 10.1 Å². The lowest BCUT2D eigenvalue weighted by atomic mass is 10.2. The zero-order valence-corrected chi connectivity index (χ0v) is 11.0. The molecule has 1 N–H and O–H groups in total. The largest absolute Gasteiger partial charge is 0.419 e. The summed E-state index contributed by atoms with van der Waals surface area (Å²) >= 11 is 5.98. The fraction of sp³-hybridized carbons (Fsp3) is 0.273. The molecule has 1 atom stereocenters. The van der Waals surface area contributed by atoms with E-state index < -0.39 is 4.92 Å². The number of halogens is 1. The Morgan fingerprint density at radius 3 is 2.84 bits per heavy atom. The lowest BCUT2D eigenvalue weighted by Gasteiger charge is -2.03. The van der Waals surface area contributed by atoms with Gasteiger partial charge in [-0.15, -0.1) is 10.2 Å². The second-order valence-corrected chi connectivity index (χ2v) is 4.25. The molecule has 2 rings (SSSR count). The fourth-order valence-electron chi connectivity index (χ4n) is 1.51. The summed E-state index contributed by atoms with van der Waals surface area (Å²) in [6.07, 6.45) is 0. The molecule has 0 radical (unpaired) electrons. The fourth-order valence-corrected chi connectivity index (χ4v) is 1.76. The summed E-state index contributed by atoms with van der Waals surface area (Å²) in [6.45, 7) is 1.83. The van der Waals surface area contributed by atoms with Crippen LogP contribution in [0.1, 0.15) is 18.9 Å². The third-order valence-electron chi connectivity index (χ3n) is 2.65. The number of aromatic nitrogens is 2. The maximum Gasteiger partial charge on any atom is 0.283 e. The average Bonchev–Trinajstić information content (AvgIpc) is 2.86. The van der Waals surface area contributed by atoms with Gasteiger partial charge in [0.2, 0.25) is 5.89 Å². The van der Waals surface area contributed by atoms with Gasteiger partial charge < -0.3 is 9.73 Å². The Kier molecular flexibility index (Phi) is 3.77. The minimum absolute atomic E-state index is 0.0365. The molecule has 8 heteroatoms. The molecule has 0 amide bonds. The highest BCUT2D eigenvalue weighted by Crippen LogP contribution is 2.35. The van der Waals surface area contributed by atoms with Gasteiger partial charge in [0.25, 0.3) is 11.6 Å². The van der Waals surface area contributed by atoms with Crippen molar-refractivity contribution < 1.29 is 9.34 Å². The first-order valence-corrected chi connectivity index (χ1v) is 5.86. The normalized spacial score (nSPS) is 12.4.